The molecule has 0 aliphatic carbocycles. The van der Waals surface area contributed by atoms with Gasteiger partial charge >= 0.3 is 17.9 Å². The molecule has 55 heavy (non-hydrogen) atoms. The van der Waals surface area contributed by atoms with Crippen LogP contribution in [0.1, 0.15) is 73.4 Å². The van der Waals surface area contributed by atoms with Crippen molar-refractivity contribution in [3.8, 4) is 34.5 Å². The van der Waals surface area contributed by atoms with Crippen molar-refractivity contribution in [2.75, 3.05) is 39.6 Å². The molecule has 0 saturated heterocycles. The lowest BCUT2D eigenvalue weighted by Gasteiger charge is -2.16. The van der Waals surface area contributed by atoms with Crippen LogP contribution in [0, 0.1) is 20.8 Å². The Morgan fingerprint density at radius 1 is 0.582 bits per heavy atom. The first kappa shape index (κ1) is 43.2. The number of carbonyl (C=O) groups excluding carboxylic acids is 3. The summed E-state index contributed by atoms with van der Waals surface area (Å²) in [5.41, 5.74) is 7.91. The van der Waals surface area contributed by atoms with Gasteiger partial charge < -0.3 is 49.5 Å². The maximum atomic E-state index is 11.8. The molecule has 0 fully saturated rings. The van der Waals surface area contributed by atoms with Crippen LogP contribution in [0.4, 0.5) is 0 Å². The third-order valence-corrected chi connectivity index (χ3v) is 8.05. The topological polar surface area (TPSA) is 218 Å². The third-order valence-electron chi connectivity index (χ3n) is 8.05. The number of esters is 3. The highest BCUT2D eigenvalue weighted by atomic mass is 16.5. The van der Waals surface area contributed by atoms with E-state index in [9.17, 15) is 29.7 Å². The molecule has 0 heterocycles. The normalized spacial score (nSPS) is 11.5. The molecule has 0 aromatic heterocycles. The first-order valence-corrected chi connectivity index (χ1v) is 17.7. The van der Waals surface area contributed by atoms with Crippen molar-refractivity contribution in [2.45, 2.75) is 60.8 Å². The Morgan fingerprint density at radius 3 is 1.33 bits per heavy atom. The number of benzene rings is 3. The maximum absolute atomic E-state index is 11.8. The lowest BCUT2D eigenvalue weighted by molar-refractivity contribution is -0.144. The summed E-state index contributed by atoms with van der Waals surface area (Å²) < 4.78 is 31.9. The Kier molecular flexibility index (Phi) is 16.4. The number of nitrogens with two attached hydrogens (primary N) is 1. The van der Waals surface area contributed by atoms with Crippen LogP contribution in [0.3, 0.4) is 0 Å². The van der Waals surface area contributed by atoms with Gasteiger partial charge in [-0.25, -0.2) is 9.98 Å². The maximum Gasteiger partial charge on any atom is 0.309 e. The predicted octanol–water partition coefficient (Wildman–Crippen LogP) is 5.55. The predicted molar refractivity (Wildman–Crippen MR) is 205 cm³/mol. The lowest BCUT2D eigenvalue weighted by atomic mass is 10.0. The number of carbonyl (C=O) groups is 3. The van der Waals surface area contributed by atoms with Crippen molar-refractivity contribution in [3.63, 3.8) is 0 Å². The third kappa shape index (κ3) is 11.9. The number of nitrogens with zero attached hydrogens (tertiary/aromatic N) is 2. The standard InChI is InChI=1S/C40H49N3O12/c1-8-50-33(44)17-20-53-30-14-11-27(36(47)23(30)4)26(7)42-40(29-13-16-32(25(6)38(29)49)55-22-19-35(46)52-10-3)43-39(41)28-12-15-31(24(5)37(28)48)54-21-18-34(45)51-9-2/h11-16,47-49H,7-10,17-22H2,1-6H3,(H2,41,42,43). The summed E-state index contributed by atoms with van der Waals surface area (Å²) in [6.45, 7) is 14.8. The van der Waals surface area contributed by atoms with Gasteiger partial charge in [0.2, 0.25) is 0 Å². The van der Waals surface area contributed by atoms with E-state index in [-0.39, 0.29) is 110 Å². The minimum atomic E-state index is -0.428. The summed E-state index contributed by atoms with van der Waals surface area (Å²) >= 11 is 0. The zero-order valence-electron chi connectivity index (χ0n) is 32.0. The zero-order valence-corrected chi connectivity index (χ0v) is 32.0. The monoisotopic (exact) mass is 763 g/mol. The SMILES string of the molecule is C=C(N=C(N=C(N)c1ccc(OCCC(=O)OCC)c(C)c1O)c1ccc(OCCC(=O)OCC)c(C)c1O)c1ccc(OCCC(=O)OCC)c(C)c1O. The van der Waals surface area contributed by atoms with Crippen LogP contribution in [0.25, 0.3) is 5.70 Å². The van der Waals surface area contributed by atoms with E-state index in [4.69, 9.17) is 34.2 Å². The van der Waals surface area contributed by atoms with Gasteiger partial charge in [-0.2, -0.15) is 0 Å². The lowest BCUT2D eigenvalue weighted by Crippen LogP contribution is -2.17. The number of amidine groups is 2. The molecule has 3 aromatic carbocycles. The molecule has 5 N–H and O–H groups in total. The van der Waals surface area contributed by atoms with Crippen molar-refractivity contribution in [1.82, 2.24) is 0 Å². The summed E-state index contributed by atoms with van der Waals surface area (Å²) in [6, 6.07) is 9.22. The van der Waals surface area contributed by atoms with Crippen molar-refractivity contribution in [3.05, 3.63) is 76.4 Å². The number of hydrogen-bond acceptors (Lipinski definition) is 13. The highest BCUT2D eigenvalue weighted by Gasteiger charge is 2.20. The summed E-state index contributed by atoms with van der Waals surface area (Å²) in [4.78, 5) is 44.3. The average molecular weight is 764 g/mol. The summed E-state index contributed by atoms with van der Waals surface area (Å²) in [6.07, 6.45) is 0.0367. The van der Waals surface area contributed by atoms with Gasteiger partial charge in [-0.1, -0.05) is 6.58 Å². The fourth-order valence-electron chi connectivity index (χ4n) is 5.07. The molecule has 3 rings (SSSR count). The molecule has 15 heteroatoms. The van der Waals surface area contributed by atoms with Crippen LogP contribution in [0.5, 0.6) is 34.5 Å². The Bertz CT molecular complexity index is 1940. The van der Waals surface area contributed by atoms with Crippen LogP contribution >= 0.6 is 0 Å². The van der Waals surface area contributed by atoms with E-state index in [0.29, 0.717) is 33.9 Å². The fraction of sp³-hybridized carbons (Fsp3) is 0.375. The minimum absolute atomic E-state index is 0.000570. The molecule has 0 bridgehead atoms. The molecule has 0 aliphatic rings. The van der Waals surface area contributed by atoms with Gasteiger partial charge in [0.25, 0.3) is 0 Å². The van der Waals surface area contributed by atoms with Gasteiger partial charge in [0, 0.05) is 22.3 Å². The molecule has 0 amide bonds. The summed E-state index contributed by atoms with van der Waals surface area (Å²) in [5, 5.41) is 33.7. The zero-order chi connectivity index (χ0) is 40.7. The Balaban J connectivity index is 2.03. The van der Waals surface area contributed by atoms with Crippen molar-refractivity contribution >= 4 is 35.3 Å². The molecule has 296 valence electrons. The highest BCUT2D eigenvalue weighted by Crippen LogP contribution is 2.37. The van der Waals surface area contributed by atoms with Crippen LogP contribution in [0.15, 0.2) is 53.0 Å². The molecular weight excluding hydrogens is 714 g/mol. The van der Waals surface area contributed by atoms with Gasteiger partial charge in [-0.3, -0.25) is 14.4 Å². The van der Waals surface area contributed by atoms with E-state index in [2.05, 4.69) is 16.6 Å². The van der Waals surface area contributed by atoms with E-state index >= 15 is 0 Å². The second-order valence-electron chi connectivity index (χ2n) is 11.8. The number of rotatable bonds is 19. The second kappa shape index (κ2) is 20.8. The van der Waals surface area contributed by atoms with E-state index in [1.807, 2.05) is 0 Å². The molecule has 0 saturated carbocycles. The summed E-state index contributed by atoms with van der Waals surface area (Å²) in [7, 11) is 0. The highest BCUT2D eigenvalue weighted by molar-refractivity contribution is 6.14. The minimum Gasteiger partial charge on any atom is -0.507 e. The van der Waals surface area contributed by atoms with Crippen molar-refractivity contribution in [2.24, 2.45) is 15.7 Å². The average Bonchev–Trinajstić information content (AvgIpc) is 3.13. The van der Waals surface area contributed by atoms with Crippen LogP contribution in [-0.4, -0.2) is 84.5 Å². The number of phenolic OH excluding ortho intramolecular Hbond substituents is 3. The molecular formula is C40H49N3O12. The number of aliphatic imine (C=N–C) groups is 2. The molecule has 3 aromatic rings. The molecule has 0 atom stereocenters. The van der Waals surface area contributed by atoms with Crippen LogP contribution < -0.4 is 19.9 Å². The summed E-state index contributed by atoms with van der Waals surface area (Å²) in [5.74, 6) is -1.37. The molecule has 0 unspecified atom stereocenters. The van der Waals surface area contributed by atoms with Crippen LogP contribution in [-0.2, 0) is 28.6 Å². The number of aromatic hydroxyl groups is 3. The molecule has 0 spiro atoms. The number of hydrogen-bond donors (Lipinski definition) is 4. The first-order valence-electron chi connectivity index (χ1n) is 17.7. The van der Waals surface area contributed by atoms with Gasteiger partial charge in [0.1, 0.15) is 40.3 Å². The van der Waals surface area contributed by atoms with E-state index in [1.54, 1.807) is 59.7 Å². The van der Waals surface area contributed by atoms with Crippen molar-refractivity contribution in [1.29, 1.82) is 0 Å². The Labute approximate surface area is 320 Å². The van der Waals surface area contributed by atoms with E-state index < -0.39 is 17.9 Å². The Hall–Kier alpha value is -6.25. The van der Waals surface area contributed by atoms with E-state index in [0.717, 1.165) is 0 Å². The van der Waals surface area contributed by atoms with Gasteiger partial charge in [-0.05, 0) is 77.9 Å². The quantitative estimate of drug-likeness (QED) is 0.0510. The van der Waals surface area contributed by atoms with Gasteiger partial charge in [-0.15, -0.1) is 0 Å². The smallest absolute Gasteiger partial charge is 0.309 e. The van der Waals surface area contributed by atoms with Crippen molar-refractivity contribution < 1.29 is 58.1 Å². The van der Waals surface area contributed by atoms with E-state index in [1.165, 1.54) is 18.2 Å². The first-order chi connectivity index (χ1) is 26.2. The number of phenols is 3. The van der Waals surface area contributed by atoms with Crippen LogP contribution in [0.2, 0.25) is 0 Å². The van der Waals surface area contributed by atoms with Gasteiger partial charge in [0.05, 0.1) is 75.7 Å². The molecule has 0 aliphatic heterocycles. The second-order valence-corrected chi connectivity index (χ2v) is 11.8. The molecule has 0 radical (unpaired) electrons. The van der Waals surface area contributed by atoms with Gasteiger partial charge in [0.15, 0.2) is 5.84 Å². The largest absolute Gasteiger partial charge is 0.507 e. The molecule has 15 nitrogen and oxygen atoms in total. The Morgan fingerprint density at radius 2 is 0.927 bits per heavy atom. The number of ether oxygens (including phenoxy) is 6. The fourth-order valence-corrected chi connectivity index (χ4v) is 5.07.